The third kappa shape index (κ3) is 6.97. The average Bonchev–Trinajstić information content (AvgIpc) is 2.46. The van der Waals surface area contributed by atoms with E-state index in [-0.39, 0.29) is 0 Å². The first kappa shape index (κ1) is 17.3. The topological polar surface area (TPSA) is 58.5 Å². The fraction of sp³-hybridized carbons (Fsp3) is 0.625. The summed E-state index contributed by atoms with van der Waals surface area (Å²) in [6.45, 7) is 10.5. The van der Waals surface area contributed by atoms with Crippen LogP contribution in [0.2, 0.25) is 0 Å². The Kier molecular flexibility index (Phi) is 8.24. The smallest absolute Gasteiger partial charge is 0.218 e. The zero-order valence-corrected chi connectivity index (χ0v) is 13.6. The molecule has 1 aromatic rings. The fourth-order valence-corrected chi connectivity index (χ4v) is 1.75. The van der Waals surface area contributed by atoms with Gasteiger partial charge < -0.3 is 15.4 Å². The number of nitrogens with one attached hydrogen (secondary N) is 2. The normalized spacial score (nSPS) is 11.6. The molecule has 0 aliphatic heterocycles. The van der Waals surface area contributed by atoms with Crippen molar-refractivity contribution in [1.29, 1.82) is 0 Å². The molecule has 0 bridgehead atoms. The van der Waals surface area contributed by atoms with Gasteiger partial charge in [0.1, 0.15) is 0 Å². The van der Waals surface area contributed by atoms with Gasteiger partial charge in [-0.05, 0) is 33.3 Å². The van der Waals surface area contributed by atoms with Crippen molar-refractivity contribution in [1.82, 2.24) is 15.6 Å². The van der Waals surface area contributed by atoms with E-state index in [4.69, 9.17) is 4.74 Å². The summed E-state index contributed by atoms with van der Waals surface area (Å²) >= 11 is 0. The highest BCUT2D eigenvalue weighted by molar-refractivity contribution is 5.80. The molecule has 1 aromatic heterocycles. The van der Waals surface area contributed by atoms with E-state index in [9.17, 15) is 0 Å². The van der Waals surface area contributed by atoms with E-state index in [0.717, 1.165) is 30.9 Å². The Balaban J connectivity index is 2.71. The molecule has 0 saturated heterocycles. The molecule has 0 amide bonds. The van der Waals surface area contributed by atoms with Crippen molar-refractivity contribution in [2.75, 3.05) is 13.2 Å². The summed E-state index contributed by atoms with van der Waals surface area (Å²) in [5.74, 6) is 1.51. The number of unbranched alkanes of at least 4 members (excludes halogenated alkanes) is 1. The molecule has 0 saturated carbocycles. The summed E-state index contributed by atoms with van der Waals surface area (Å²) < 4.78 is 5.73. The van der Waals surface area contributed by atoms with Crippen molar-refractivity contribution < 1.29 is 4.74 Å². The van der Waals surface area contributed by atoms with Crippen molar-refractivity contribution in [3.05, 3.63) is 23.9 Å². The lowest BCUT2D eigenvalue weighted by molar-refractivity contribution is 0.294. The molecule has 0 unspecified atom stereocenters. The van der Waals surface area contributed by atoms with Gasteiger partial charge in [-0.3, -0.25) is 0 Å². The maximum absolute atomic E-state index is 5.73. The molecule has 21 heavy (non-hydrogen) atoms. The first-order valence-corrected chi connectivity index (χ1v) is 7.78. The predicted molar refractivity (Wildman–Crippen MR) is 87.7 cm³/mol. The van der Waals surface area contributed by atoms with Crippen LogP contribution < -0.4 is 15.4 Å². The summed E-state index contributed by atoms with van der Waals surface area (Å²) in [5.41, 5.74) is 1.01. The van der Waals surface area contributed by atoms with E-state index in [1.165, 1.54) is 0 Å². The van der Waals surface area contributed by atoms with Crippen LogP contribution in [-0.2, 0) is 6.54 Å². The minimum absolute atomic E-state index is 0.344. The monoisotopic (exact) mass is 292 g/mol. The third-order valence-corrected chi connectivity index (χ3v) is 2.76. The average molecular weight is 292 g/mol. The molecule has 2 N–H and O–H groups in total. The van der Waals surface area contributed by atoms with E-state index < -0.39 is 0 Å². The molecule has 5 heteroatoms. The third-order valence-electron chi connectivity index (χ3n) is 2.76. The van der Waals surface area contributed by atoms with Gasteiger partial charge in [0, 0.05) is 24.3 Å². The molecule has 0 atom stereocenters. The van der Waals surface area contributed by atoms with Gasteiger partial charge in [-0.25, -0.2) is 9.98 Å². The van der Waals surface area contributed by atoms with Crippen LogP contribution in [0.3, 0.4) is 0 Å². The standard InChI is InChI=1S/C16H28N4O/c1-5-7-11-21-15-14(9-8-10-18-15)12-19-16(17-6-2)20-13(3)4/h8-10,13H,5-7,11-12H2,1-4H3,(H2,17,19,20). The first-order valence-electron chi connectivity index (χ1n) is 7.78. The lowest BCUT2D eigenvalue weighted by Crippen LogP contribution is -2.41. The van der Waals surface area contributed by atoms with E-state index in [1.54, 1.807) is 6.20 Å². The summed E-state index contributed by atoms with van der Waals surface area (Å²) in [4.78, 5) is 8.89. The van der Waals surface area contributed by atoms with Crippen molar-refractivity contribution in [2.45, 2.75) is 53.1 Å². The maximum atomic E-state index is 5.73. The highest BCUT2D eigenvalue weighted by Gasteiger charge is 2.05. The van der Waals surface area contributed by atoms with Gasteiger partial charge in [0.05, 0.1) is 13.2 Å². The highest BCUT2D eigenvalue weighted by atomic mass is 16.5. The van der Waals surface area contributed by atoms with E-state index in [0.29, 0.717) is 25.1 Å². The van der Waals surface area contributed by atoms with Crippen LogP contribution in [0.15, 0.2) is 23.3 Å². The van der Waals surface area contributed by atoms with Gasteiger partial charge in [-0.15, -0.1) is 0 Å². The SMILES string of the molecule is CCCCOc1ncccc1CN=C(NCC)NC(C)C. The van der Waals surface area contributed by atoms with Crippen LogP contribution >= 0.6 is 0 Å². The number of aliphatic imine (C=N–C) groups is 1. The molecular weight excluding hydrogens is 264 g/mol. The van der Waals surface area contributed by atoms with Crippen LogP contribution in [0.4, 0.5) is 0 Å². The number of rotatable bonds is 8. The molecule has 0 radical (unpaired) electrons. The number of hydrogen-bond donors (Lipinski definition) is 2. The summed E-state index contributed by atoms with van der Waals surface area (Å²) in [5, 5.41) is 6.53. The van der Waals surface area contributed by atoms with Gasteiger partial charge in [-0.1, -0.05) is 19.4 Å². The lowest BCUT2D eigenvalue weighted by Gasteiger charge is -2.14. The highest BCUT2D eigenvalue weighted by Crippen LogP contribution is 2.15. The first-order chi connectivity index (χ1) is 10.2. The Morgan fingerprint density at radius 2 is 2.19 bits per heavy atom. The summed E-state index contributed by atoms with van der Waals surface area (Å²) in [6, 6.07) is 4.27. The van der Waals surface area contributed by atoms with Gasteiger partial charge in [0.15, 0.2) is 5.96 Å². The minimum atomic E-state index is 0.344. The second kappa shape index (κ2) is 10.0. The molecule has 0 aliphatic carbocycles. The quantitative estimate of drug-likeness (QED) is 0.439. The maximum Gasteiger partial charge on any atom is 0.218 e. The number of guanidine groups is 1. The van der Waals surface area contributed by atoms with Crippen molar-refractivity contribution in [2.24, 2.45) is 4.99 Å². The molecule has 0 spiro atoms. The second-order valence-electron chi connectivity index (χ2n) is 5.16. The zero-order valence-electron chi connectivity index (χ0n) is 13.6. The van der Waals surface area contributed by atoms with Gasteiger partial charge in [0.2, 0.25) is 5.88 Å². The van der Waals surface area contributed by atoms with E-state index in [1.807, 2.05) is 12.1 Å². The number of pyridine rings is 1. The molecule has 118 valence electrons. The molecule has 0 aliphatic rings. The molecule has 5 nitrogen and oxygen atoms in total. The summed E-state index contributed by atoms with van der Waals surface area (Å²) in [7, 11) is 0. The predicted octanol–water partition coefficient (Wildman–Crippen LogP) is 2.72. The van der Waals surface area contributed by atoms with Crippen molar-refractivity contribution in [3.8, 4) is 5.88 Å². The Hall–Kier alpha value is -1.78. The summed E-state index contributed by atoms with van der Waals surface area (Å²) in [6.07, 6.45) is 3.91. The number of ether oxygens (including phenoxy) is 1. The minimum Gasteiger partial charge on any atom is -0.477 e. The second-order valence-corrected chi connectivity index (χ2v) is 5.16. The molecule has 1 rings (SSSR count). The van der Waals surface area contributed by atoms with E-state index >= 15 is 0 Å². The largest absolute Gasteiger partial charge is 0.477 e. The molecule has 0 aromatic carbocycles. The Morgan fingerprint density at radius 3 is 2.86 bits per heavy atom. The molecule has 0 fully saturated rings. The van der Waals surface area contributed by atoms with Crippen molar-refractivity contribution >= 4 is 5.96 Å². The Bertz CT molecular complexity index is 432. The van der Waals surface area contributed by atoms with Crippen molar-refractivity contribution in [3.63, 3.8) is 0 Å². The molecule has 1 heterocycles. The van der Waals surface area contributed by atoms with Gasteiger partial charge in [0.25, 0.3) is 0 Å². The van der Waals surface area contributed by atoms with E-state index in [2.05, 4.69) is 48.3 Å². The van der Waals surface area contributed by atoms with Gasteiger partial charge in [-0.2, -0.15) is 0 Å². The number of hydrogen-bond acceptors (Lipinski definition) is 3. The zero-order chi connectivity index (χ0) is 15.5. The lowest BCUT2D eigenvalue weighted by atomic mass is 10.2. The Labute approximate surface area is 128 Å². The fourth-order valence-electron chi connectivity index (χ4n) is 1.75. The van der Waals surface area contributed by atoms with Gasteiger partial charge >= 0.3 is 0 Å². The number of aromatic nitrogens is 1. The Morgan fingerprint density at radius 1 is 1.38 bits per heavy atom. The van der Waals surface area contributed by atoms with Crippen LogP contribution in [-0.4, -0.2) is 30.1 Å². The van der Waals surface area contributed by atoms with Crippen LogP contribution in [0.5, 0.6) is 5.88 Å². The number of nitrogens with zero attached hydrogens (tertiary/aromatic N) is 2. The van der Waals surface area contributed by atoms with Crippen LogP contribution in [0.1, 0.15) is 46.1 Å². The van der Waals surface area contributed by atoms with Crippen LogP contribution in [0, 0.1) is 0 Å². The van der Waals surface area contributed by atoms with Crippen LogP contribution in [0.25, 0.3) is 0 Å². The molecular formula is C16H28N4O.